The first kappa shape index (κ1) is 16.6. The molecule has 2 heterocycles. The maximum Gasteiger partial charge on any atom is 0.247 e. The minimum Gasteiger partial charge on any atom is -0.484 e. The molecule has 1 N–H and O–H groups in total. The Morgan fingerprint density at radius 2 is 2.20 bits per heavy atom. The molecule has 1 atom stereocenters. The van der Waals surface area contributed by atoms with Crippen molar-refractivity contribution >= 4 is 11.6 Å². The van der Waals surface area contributed by atoms with Gasteiger partial charge in [-0.15, -0.1) is 0 Å². The topological polar surface area (TPSA) is 69.0 Å². The van der Waals surface area contributed by atoms with Crippen LogP contribution < -0.4 is 10.1 Å². The lowest BCUT2D eigenvalue weighted by molar-refractivity contribution is -0.118. The van der Waals surface area contributed by atoms with Crippen molar-refractivity contribution in [2.45, 2.75) is 19.6 Å². The van der Waals surface area contributed by atoms with Gasteiger partial charge in [-0.1, -0.05) is 6.07 Å². The van der Waals surface area contributed by atoms with E-state index in [0.717, 1.165) is 0 Å². The van der Waals surface area contributed by atoms with Crippen molar-refractivity contribution in [3.63, 3.8) is 0 Å². The third-order valence-corrected chi connectivity index (χ3v) is 3.65. The normalized spacial score (nSPS) is 11.8. The Kier molecular flexibility index (Phi) is 5.03. The number of hydrogen-bond acceptors (Lipinski definition) is 4. The molecular weight excluding hydrogens is 323 g/mol. The lowest BCUT2D eigenvalue weighted by Gasteiger charge is -2.14. The summed E-state index contributed by atoms with van der Waals surface area (Å²) in [5, 5.41) is 2.68. The number of amides is 1. The number of benzene rings is 1. The van der Waals surface area contributed by atoms with Crippen molar-refractivity contribution in [1.82, 2.24) is 14.5 Å². The smallest absolute Gasteiger partial charge is 0.247 e. The molecule has 0 aliphatic heterocycles. The van der Waals surface area contributed by atoms with Gasteiger partial charge in [0.25, 0.3) is 0 Å². The van der Waals surface area contributed by atoms with Gasteiger partial charge < -0.3 is 14.6 Å². The van der Waals surface area contributed by atoms with Gasteiger partial charge in [-0.05, 0) is 31.2 Å². The number of imidazole rings is 1. The molecule has 0 fully saturated rings. The fourth-order valence-electron chi connectivity index (χ4n) is 2.21. The van der Waals surface area contributed by atoms with Gasteiger partial charge in [0.15, 0.2) is 11.6 Å². The largest absolute Gasteiger partial charge is 0.484 e. The van der Waals surface area contributed by atoms with Gasteiger partial charge in [-0.2, -0.15) is 0 Å². The molecule has 0 aliphatic carbocycles. The summed E-state index contributed by atoms with van der Waals surface area (Å²) >= 11 is 0. The molecule has 0 aliphatic rings. The highest BCUT2D eigenvalue weighted by Gasteiger charge is 2.15. The van der Waals surface area contributed by atoms with Crippen molar-refractivity contribution in [3.8, 4) is 5.75 Å². The molecule has 0 spiro atoms. The number of ether oxygens (including phenoxy) is 1. The molecule has 1 aromatic carbocycles. The molecule has 1 amide bonds. The summed E-state index contributed by atoms with van der Waals surface area (Å²) in [6.07, 6.45) is 6.49. The van der Waals surface area contributed by atoms with E-state index in [1.807, 2.05) is 6.07 Å². The molecule has 3 aromatic rings. The second kappa shape index (κ2) is 7.57. The Hall–Kier alpha value is -3.22. The third kappa shape index (κ3) is 4.20. The lowest BCUT2D eigenvalue weighted by atomic mass is 10.2. The van der Waals surface area contributed by atoms with E-state index in [1.54, 1.807) is 54.6 Å². The lowest BCUT2D eigenvalue weighted by Crippen LogP contribution is -2.22. The number of anilines is 1. The van der Waals surface area contributed by atoms with Gasteiger partial charge >= 0.3 is 0 Å². The van der Waals surface area contributed by atoms with Crippen LogP contribution in [0.15, 0.2) is 61.3 Å². The summed E-state index contributed by atoms with van der Waals surface area (Å²) in [7, 11) is 0. The summed E-state index contributed by atoms with van der Waals surface area (Å²) in [5.74, 6) is -0.713. The summed E-state index contributed by atoms with van der Waals surface area (Å²) in [4.78, 5) is 20.2. The van der Waals surface area contributed by atoms with E-state index in [-0.39, 0.29) is 18.3 Å². The number of carbonyl (C=O) groups excluding carboxylic acids is 1. The Balaban J connectivity index is 1.62. The third-order valence-electron chi connectivity index (χ3n) is 3.65. The van der Waals surface area contributed by atoms with Crippen LogP contribution in [0.2, 0.25) is 0 Å². The standard InChI is InChI=1S/C18H17FN4O2/c1-13(23-9-8-20-12-23)18(24)22-14-5-6-17(16(19)10-14)25-11-15-4-2-3-7-21-15/h2-10,12-13H,11H2,1H3,(H,22,24)/t13-/m0/s1. The van der Waals surface area contributed by atoms with Crippen LogP contribution in [0.4, 0.5) is 10.1 Å². The average molecular weight is 340 g/mol. The van der Waals surface area contributed by atoms with Crippen LogP contribution in [-0.4, -0.2) is 20.4 Å². The number of halogens is 1. The Morgan fingerprint density at radius 1 is 1.32 bits per heavy atom. The SMILES string of the molecule is C[C@@H](C(=O)Nc1ccc(OCc2ccccn2)c(F)c1)n1ccnc1. The van der Waals surface area contributed by atoms with Crippen LogP contribution in [-0.2, 0) is 11.4 Å². The van der Waals surface area contributed by atoms with Crippen molar-refractivity contribution in [2.75, 3.05) is 5.32 Å². The number of rotatable bonds is 6. The van der Waals surface area contributed by atoms with Crippen molar-refractivity contribution < 1.29 is 13.9 Å². The first-order chi connectivity index (χ1) is 12.1. The summed E-state index contributed by atoms with van der Waals surface area (Å²) in [6.45, 7) is 1.90. The van der Waals surface area contributed by atoms with E-state index >= 15 is 0 Å². The van der Waals surface area contributed by atoms with E-state index in [9.17, 15) is 9.18 Å². The number of carbonyl (C=O) groups is 1. The Labute approximate surface area is 144 Å². The molecule has 128 valence electrons. The molecule has 7 heteroatoms. The van der Waals surface area contributed by atoms with E-state index in [4.69, 9.17) is 4.74 Å². The predicted octanol–water partition coefficient (Wildman–Crippen LogP) is 3.20. The van der Waals surface area contributed by atoms with E-state index in [2.05, 4.69) is 15.3 Å². The second-order valence-electron chi connectivity index (χ2n) is 5.43. The Morgan fingerprint density at radius 3 is 2.88 bits per heavy atom. The second-order valence-corrected chi connectivity index (χ2v) is 5.43. The predicted molar refractivity (Wildman–Crippen MR) is 90.5 cm³/mol. The van der Waals surface area contributed by atoms with Gasteiger partial charge in [0.1, 0.15) is 12.6 Å². The molecule has 0 radical (unpaired) electrons. The highest BCUT2D eigenvalue weighted by Crippen LogP contribution is 2.22. The van der Waals surface area contributed by atoms with E-state index in [0.29, 0.717) is 11.4 Å². The fourth-order valence-corrected chi connectivity index (χ4v) is 2.21. The van der Waals surface area contributed by atoms with Crippen LogP contribution in [0.1, 0.15) is 18.7 Å². The monoisotopic (exact) mass is 340 g/mol. The minimum atomic E-state index is -0.552. The zero-order chi connectivity index (χ0) is 17.6. The number of nitrogens with zero attached hydrogens (tertiary/aromatic N) is 3. The maximum absolute atomic E-state index is 14.2. The van der Waals surface area contributed by atoms with Crippen molar-refractivity contribution in [2.24, 2.45) is 0 Å². The van der Waals surface area contributed by atoms with Gasteiger partial charge in [-0.3, -0.25) is 9.78 Å². The molecule has 0 unspecified atom stereocenters. The molecule has 0 saturated heterocycles. The van der Waals surface area contributed by atoms with Gasteiger partial charge in [-0.25, -0.2) is 9.37 Å². The fraction of sp³-hybridized carbons (Fsp3) is 0.167. The van der Waals surface area contributed by atoms with Crippen LogP contribution >= 0.6 is 0 Å². The highest BCUT2D eigenvalue weighted by atomic mass is 19.1. The maximum atomic E-state index is 14.2. The van der Waals surface area contributed by atoms with Gasteiger partial charge in [0, 0.05) is 30.3 Å². The minimum absolute atomic E-state index is 0.103. The number of hydrogen-bond donors (Lipinski definition) is 1. The van der Waals surface area contributed by atoms with Crippen LogP contribution in [0.5, 0.6) is 5.75 Å². The molecule has 3 rings (SSSR count). The summed E-state index contributed by atoms with van der Waals surface area (Å²) in [5.41, 5.74) is 1.06. The highest BCUT2D eigenvalue weighted by molar-refractivity contribution is 5.93. The molecule has 25 heavy (non-hydrogen) atoms. The summed E-state index contributed by atoms with van der Waals surface area (Å²) in [6, 6.07) is 9.28. The molecule has 6 nitrogen and oxygen atoms in total. The first-order valence-electron chi connectivity index (χ1n) is 7.74. The number of pyridine rings is 1. The molecule has 2 aromatic heterocycles. The van der Waals surface area contributed by atoms with Crippen LogP contribution in [0.25, 0.3) is 0 Å². The summed E-state index contributed by atoms with van der Waals surface area (Å²) < 4.78 is 21.3. The van der Waals surface area contributed by atoms with Crippen LogP contribution in [0, 0.1) is 5.82 Å². The van der Waals surface area contributed by atoms with E-state index in [1.165, 1.54) is 12.1 Å². The van der Waals surface area contributed by atoms with Crippen LogP contribution in [0.3, 0.4) is 0 Å². The number of aromatic nitrogens is 3. The quantitative estimate of drug-likeness (QED) is 0.748. The zero-order valence-electron chi connectivity index (χ0n) is 13.6. The van der Waals surface area contributed by atoms with Gasteiger partial charge in [0.05, 0.1) is 12.0 Å². The molecular formula is C18H17FN4O2. The van der Waals surface area contributed by atoms with E-state index < -0.39 is 11.9 Å². The number of nitrogens with one attached hydrogen (secondary N) is 1. The van der Waals surface area contributed by atoms with Crippen molar-refractivity contribution in [1.29, 1.82) is 0 Å². The average Bonchev–Trinajstić information content (AvgIpc) is 3.16. The van der Waals surface area contributed by atoms with Crippen molar-refractivity contribution in [3.05, 3.63) is 72.8 Å². The zero-order valence-corrected chi connectivity index (χ0v) is 13.6. The molecule has 0 bridgehead atoms. The first-order valence-corrected chi connectivity index (χ1v) is 7.74. The Bertz CT molecular complexity index is 838. The van der Waals surface area contributed by atoms with Gasteiger partial charge in [0.2, 0.25) is 5.91 Å². The molecule has 0 saturated carbocycles.